The minimum Gasteiger partial charge on any atom is -0.438 e. The number of quaternary nitrogens is 1. The van der Waals surface area contributed by atoms with Gasteiger partial charge in [0.05, 0.1) is 0 Å². The first-order valence-corrected chi connectivity index (χ1v) is 5.08. The van der Waals surface area contributed by atoms with Crippen LogP contribution in [-0.2, 0) is 0 Å². The Kier molecular flexibility index (Phi) is 1.93. The lowest BCUT2D eigenvalue weighted by atomic mass is 10.2. The highest BCUT2D eigenvalue weighted by atomic mass is 16.5. The minimum absolute atomic E-state index is 0.684. The van der Waals surface area contributed by atoms with Gasteiger partial charge in [-0.3, -0.25) is 0 Å². The van der Waals surface area contributed by atoms with Crippen LogP contribution < -0.4 is 9.64 Å². The molecule has 74 valence electrons. The van der Waals surface area contributed by atoms with E-state index in [9.17, 15) is 0 Å². The van der Waals surface area contributed by atoms with Crippen molar-refractivity contribution in [3.05, 3.63) is 54.6 Å². The maximum absolute atomic E-state index is 5.63. The third-order valence-electron chi connectivity index (χ3n) is 2.71. The van der Waals surface area contributed by atoms with Gasteiger partial charge in [0.15, 0.2) is 11.4 Å². The summed E-state index contributed by atoms with van der Waals surface area (Å²) in [6.07, 6.45) is 0. The predicted octanol–water partition coefficient (Wildman–Crippen LogP) is 1.88. The third kappa shape index (κ3) is 1.39. The van der Waals surface area contributed by atoms with E-state index in [0.717, 1.165) is 5.75 Å². The van der Waals surface area contributed by atoms with Gasteiger partial charge in [-0.05, 0) is 18.2 Å². The molecule has 0 amide bonds. The second-order valence-corrected chi connectivity index (χ2v) is 3.63. The first-order valence-electron chi connectivity index (χ1n) is 5.08. The molecule has 0 saturated heterocycles. The van der Waals surface area contributed by atoms with Crippen molar-refractivity contribution < 1.29 is 9.64 Å². The molecule has 1 aliphatic rings. The van der Waals surface area contributed by atoms with E-state index < -0.39 is 0 Å². The first-order chi connectivity index (χ1) is 7.45. The quantitative estimate of drug-likeness (QED) is 0.738. The molecular formula is C13H12NO+. The van der Waals surface area contributed by atoms with Crippen LogP contribution >= 0.6 is 0 Å². The molecule has 1 atom stereocenters. The van der Waals surface area contributed by atoms with E-state index in [1.165, 1.54) is 16.3 Å². The van der Waals surface area contributed by atoms with Crippen molar-refractivity contribution in [1.29, 1.82) is 0 Å². The van der Waals surface area contributed by atoms with Crippen LogP contribution in [-0.4, -0.2) is 6.73 Å². The van der Waals surface area contributed by atoms with Gasteiger partial charge in [0.2, 0.25) is 6.73 Å². The number of hydrogen-bond donors (Lipinski definition) is 1. The van der Waals surface area contributed by atoms with Gasteiger partial charge in [0, 0.05) is 6.07 Å². The molecule has 2 aromatic rings. The SMILES string of the molecule is c1ccc([NH+]2COc3ccccc32)cc1. The second kappa shape index (κ2) is 3.41. The fourth-order valence-electron chi connectivity index (χ4n) is 1.95. The lowest BCUT2D eigenvalue weighted by Crippen LogP contribution is -3.01. The van der Waals surface area contributed by atoms with E-state index in [0.29, 0.717) is 6.73 Å². The minimum atomic E-state index is 0.684. The molecule has 0 bridgehead atoms. The van der Waals surface area contributed by atoms with Gasteiger partial charge in [0.1, 0.15) is 5.69 Å². The van der Waals surface area contributed by atoms with Crippen LogP contribution in [0.2, 0.25) is 0 Å². The average molecular weight is 198 g/mol. The summed E-state index contributed by atoms with van der Waals surface area (Å²) in [6.45, 7) is 0.684. The zero-order valence-electron chi connectivity index (χ0n) is 8.31. The normalized spacial score (nSPS) is 18.3. The summed E-state index contributed by atoms with van der Waals surface area (Å²) in [6, 6.07) is 18.6. The Bertz CT molecular complexity index is 467. The maximum Gasteiger partial charge on any atom is 0.232 e. The number of rotatable bonds is 1. The van der Waals surface area contributed by atoms with Gasteiger partial charge < -0.3 is 4.74 Å². The van der Waals surface area contributed by atoms with Crippen molar-refractivity contribution >= 4 is 11.4 Å². The molecule has 0 radical (unpaired) electrons. The number of para-hydroxylation sites is 3. The summed E-state index contributed by atoms with van der Waals surface area (Å²) < 4.78 is 5.63. The molecule has 0 saturated carbocycles. The topological polar surface area (TPSA) is 13.7 Å². The van der Waals surface area contributed by atoms with Crippen LogP contribution in [0, 0.1) is 0 Å². The molecule has 2 nitrogen and oxygen atoms in total. The molecule has 1 N–H and O–H groups in total. The van der Waals surface area contributed by atoms with Crippen LogP contribution in [0.3, 0.4) is 0 Å². The van der Waals surface area contributed by atoms with E-state index in [4.69, 9.17) is 4.74 Å². The van der Waals surface area contributed by atoms with Gasteiger partial charge in [-0.1, -0.05) is 30.3 Å². The molecule has 0 fully saturated rings. The molecule has 2 heteroatoms. The Hall–Kier alpha value is -1.80. The zero-order valence-corrected chi connectivity index (χ0v) is 8.31. The Morgan fingerprint density at radius 1 is 0.867 bits per heavy atom. The van der Waals surface area contributed by atoms with E-state index in [-0.39, 0.29) is 0 Å². The summed E-state index contributed by atoms with van der Waals surface area (Å²) in [4.78, 5) is 1.28. The Balaban J connectivity index is 2.05. The number of fused-ring (bicyclic) bond motifs is 1. The van der Waals surface area contributed by atoms with E-state index >= 15 is 0 Å². The molecule has 0 spiro atoms. The Morgan fingerprint density at radius 2 is 1.60 bits per heavy atom. The first kappa shape index (κ1) is 8.50. The van der Waals surface area contributed by atoms with Gasteiger partial charge in [-0.15, -0.1) is 0 Å². The number of ether oxygens (including phenoxy) is 1. The lowest BCUT2D eigenvalue weighted by Gasteiger charge is -2.09. The predicted molar refractivity (Wildman–Crippen MR) is 58.7 cm³/mol. The lowest BCUT2D eigenvalue weighted by molar-refractivity contribution is -0.768. The summed E-state index contributed by atoms with van der Waals surface area (Å²) in [5, 5.41) is 0. The summed E-state index contributed by atoms with van der Waals surface area (Å²) in [7, 11) is 0. The fraction of sp³-hybridized carbons (Fsp3) is 0.0769. The Labute approximate surface area is 88.7 Å². The molecule has 2 aromatic carbocycles. The van der Waals surface area contributed by atoms with Gasteiger partial charge in [-0.25, -0.2) is 4.90 Å². The molecule has 15 heavy (non-hydrogen) atoms. The second-order valence-electron chi connectivity index (χ2n) is 3.63. The summed E-state index contributed by atoms with van der Waals surface area (Å²) >= 11 is 0. The Morgan fingerprint density at radius 3 is 2.47 bits per heavy atom. The number of benzene rings is 2. The molecule has 0 aliphatic carbocycles. The zero-order chi connectivity index (χ0) is 10.1. The molecule has 1 aliphatic heterocycles. The highest BCUT2D eigenvalue weighted by Crippen LogP contribution is 2.25. The van der Waals surface area contributed by atoms with E-state index in [1.54, 1.807) is 0 Å². The van der Waals surface area contributed by atoms with Crippen molar-refractivity contribution in [3.63, 3.8) is 0 Å². The summed E-state index contributed by atoms with van der Waals surface area (Å²) in [5.74, 6) is 0.997. The molecular weight excluding hydrogens is 186 g/mol. The van der Waals surface area contributed by atoms with Crippen LogP contribution in [0.15, 0.2) is 54.6 Å². The van der Waals surface area contributed by atoms with Crippen molar-refractivity contribution in [2.24, 2.45) is 0 Å². The maximum atomic E-state index is 5.63. The van der Waals surface area contributed by atoms with Crippen molar-refractivity contribution in [2.45, 2.75) is 0 Å². The molecule has 1 heterocycles. The highest BCUT2D eigenvalue weighted by molar-refractivity contribution is 5.50. The molecule has 1 unspecified atom stereocenters. The standard InChI is InChI=1S/C13H11NO/c1-2-6-11(7-3-1)14-10-15-13-9-5-4-8-12(13)14/h1-9H,10H2/p+1. The van der Waals surface area contributed by atoms with Crippen LogP contribution in [0.1, 0.15) is 0 Å². The van der Waals surface area contributed by atoms with Crippen LogP contribution in [0.25, 0.3) is 0 Å². The van der Waals surface area contributed by atoms with Crippen molar-refractivity contribution in [2.75, 3.05) is 6.73 Å². The van der Waals surface area contributed by atoms with Crippen LogP contribution in [0.5, 0.6) is 5.75 Å². The fourth-order valence-corrected chi connectivity index (χ4v) is 1.95. The van der Waals surface area contributed by atoms with E-state index in [2.05, 4.69) is 36.4 Å². The molecule has 0 aromatic heterocycles. The number of nitrogens with one attached hydrogen (secondary N) is 1. The van der Waals surface area contributed by atoms with Gasteiger partial charge in [0.25, 0.3) is 0 Å². The van der Waals surface area contributed by atoms with Crippen molar-refractivity contribution in [1.82, 2.24) is 0 Å². The highest BCUT2D eigenvalue weighted by Gasteiger charge is 2.26. The van der Waals surface area contributed by atoms with Crippen LogP contribution in [0.4, 0.5) is 11.4 Å². The number of hydrogen-bond acceptors (Lipinski definition) is 1. The van der Waals surface area contributed by atoms with E-state index in [1.807, 2.05) is 18.2 Å². The summed E-state index contributed by atoms with van der Waals surface area (Å²) in [5.41, 5.74) is 2.48. The smallest absolute Gasteiger partial charge is 0.232 e. The third-order valence-corrected chi connectivity index (χ3v) is 2.71. The van der Waals surface area contributed by atoms with Crippen molar-refractivity contribution in [3.8, 4) is 5.75 Å². The van der Waals surface area contributed by atoms with Gasteiger partial charge in [-0.2, -0.15) is 0 Å². The monoisotopic (exact) mass is 198 g/mol. The molecule has 3 rings (SSSR count). The largest absolute Gasteiger partial charge is 0.438 e. The average Bonchev–Trinajstić information content (AvgIpc) is 2.74. The van der Waals surface area contributed by atoms with Gasteiger partial charge >= 0.3 is 0 Å².